The van der Waals surface area contributed by atoms with E-state index in [0.29, 0.717) is 18.7 Å². The number of hydrogen-bond donors (Lipinski definition) is 2. The van der Waals surface area contributed by atoms with Gasteiger partial charge in [-0.2, -0.15) is 5.10 Å². The van der Waals surface area contributed by atoms with Crippen molar-refractivity contribution < 1.29 is 9.59 Å². The van der Waals surface area contributed by atoms with E-state index in [2.05, 4.69) is 15.7 Å². The fourth-order valence-electron chi connectivity index (χ4n) is 2.72. The zero-order valence-corrected chi connectivity index (χ0v) is 17.3. The van der Waals surface area contributed by atoms with E-state index in [1.807, 2.05) is 60.4 Å². The van der Waals surface area contributed by atoms with Gasteiger partial charge in [-0.05, 0) is 67.1 Å². The summed E-state index contributed by atoms with van der Waals surface area (Å²) >= 11 is 1.50. The first kappa shape index (κ1) is 20.5. The molecule has 0 unspecified atom stereocenters. The number of amides is 2. The first-order valence-corrected chi connectivity index (χ1v) is 10.3. The van der Waals surface area contributed by atoms with Crippen molar-refractivity contribution in [1.82, 2.24) is 20.4 Å². The normalized spacial score (nSPS) is 11.3. The van der Waals surface area contributed by atoms with Crippen LogP contribution in [-0.4, -0.2) is 28.1 Å². The van der Waals surface area contributed by atoms with E-state index in [0.717, 1.165) is 22.4 Å². The first-order chi connectivity index (χ1) is 14.0. The molecular formula is C22H24N4O2S. The Bertz CT molecular complexity index is 992. The molecule has 150 valence electrons. The van der Waals surface area contributed by atoms with Gasteiger partial charge in [0.05, 0.1) is 0 Å². The van der Waals surface area contributed by atoms with Gasteiger partial charge in [-0.3, -0.25) is 14.3 Å². The Morgan fingerprint density at radius 3 is 2.72 bits per heavy atom. The minimum atomic E-state index is -0.309. The lowest BCUT2D eigenvalue weighted by Crippen LogP contribution is -2.35. The summed E-state index contributed by atoms with van der Waals surface area (Å²) in [5, 5.41) is 11.7. The van der Waals surface area contributed by atoms with E-state index in [9.17, 15) is 9.59 Å². The molecule has 0 bridgehead atoms. The van der Waals surface area contributed by atoms with Gasteiger partial charge in [0.15, 0.2) is 0 Å². The number of rotatable bonds is 8. The predicted molar refractivity (Wildman–Crippen MR) is 116 cm³/mol. The van der Waals surface area contributed by atoms with Gasteiger partial charge in [-0.15, -0.1) is 11.3 Å². The van der Waals surface area contributed by atoms with Crippen LogP contribution in [0, 0.1) is 13.8 Å². The van der Waals surface area contributed by atoms with Gasteiger partial charge in [-0.1, -0.05) is 12.1 Å². The highest BCUT2D eigenvalue weighted by molar-refractivity contribution is 7.10. The molecule has 0 radical (unpaired) electrons. The third-order valence-corrected chi connectivity index (χ3v) is 5.32. The molecule has 3 aromatic rings. The van der Waals surface area contributed by atoms with Crippen LogP contribution in [0.1, 0.15) is 32.8 Å². The van der Waals surface area contributed by atoms with Crippen LogP contribution in [0.3, 0.4) is 0 Å². The number of nitrogens with zero attached hydrogens (tertiary/aromatic N) is 2. The zero-order chi connectivity index (χ0) is 20.6. The van der Waals surface area contributed by atoms with Gasteiger partial charge in [0.1, 0.15) is 5.70 Å². The Kier molecular flexibility index (Phi) is 6.97. The lowest BCUT2D eigenvalue weighted by molar-refractivity contribution is -0.117. The molecule has 0 saturated carbocycles. The number of carbonyl (C=O) groups is 2. The van der Waals surface area contributed by atoms with Crippen molar-refractivity contribution in [3.05, 3.63) is 81.4 Å². The second-order valence-corrected chi connectivity index (χ2v) is 7.68. The third-order valence-electron chi connectivity index (χ3n) is 4.50. The molecule has 2 aromatic heterocycles. The van der Waals surface area contributed by atoms with Crippen LogP contribution in [0.25, 0.3) is 6.08 Å². The molecule has 2 amide bonds. The van der Waals surface area contributed by atoms with Crippen LogP contribution in [0.2, 0.25) is 0 Å². The number of nitrogens with one attached hydrogen (secondary N) is 2. The molecule has 7 heteroatoms. The Morgan fingerprint density at radius 2 is 2.03 bits per heavy atom. The van der Waals surface area contributed by atoms with E-state index in [1.165, 1.54) is 11.3 Å². The smallest absolute Gasteiger partial charge is 0.267 e. The fraction of sp³-hybridized carbons (Fsp3) is 0.227. The average Bonchev–Trinajstić information content (AvgIpc) is 3.40. The monoisotopic (exact) mass is 408 g/mol. The maximum absolute atomic E-state index is 12.7. The van der Waals surface area contributed by atoms with Gasteiger partial charge in [0.25, 0.3) is 11.8 Å². The number of aromatic nitrogens is 2. The highest BCUT2D eigenvalue weighted by Gasteiger charge is 2.15. The fourth-order valence-corrected chi connectivity index (χ4v) is 3.38. The quantitative estimate of drug-likeness (QED) is 0.442. The second kappa shape index (κ2) is 9.84. The molecule has 0 spiro atoms. The summed E-state index contributed by atoms with van der Waals surface area (Å²) in [7, 11) is 0. The topological polar surface area (TPSA) is 76.0 Å². The third kappa shape index (κ3) is 5.89. The van der Waals surface area contributed by atoms with Crippen LogP contribution < -0.4 is 10.6 Å². The molecular weight excluding hydrogens is 384 g/mol. The lowest BCUT2D eigenvalue weighted by atomic mass is 10.1. The highest BCUT2D eigenvalue weighted by Crippen LogP contribution is 2.14. The summed E-state index contributed by atoms with van der Waals surface area (Å²) in [4.78, 5) is 26.3. The van der Waals surface area contributed by atoms with Crippen LogP contribution in [-0.2, 0) is 11.3 Å². The SMILES string of the molecule is Cc1ccc(C(=O)NC(=Cc2cccs2)C(=O)NCCCn2cccn2)cc1C. The molecule has 0 aliphatic rings. The first-order valence-electron chi connectivity index (χ1n) is 9.42. The van der Waals surface area contributed by atoms with Crippen molar-refractivity contribution in [2.24, 2.45) is 0 Å². The molecule has 2 N–H and O–H groups in total. The number of aryl methyl sites for hydroxylation is 3. The molecule has 1 aromatic carbocycles. The average molecular weight is 409 g/mol. The second-order valence-electron chi connectivity index (χ2n) is 6.71. The maximum Gasteiger partial charge on any atom is 0.267 e. The van der Waals surface area contributed by atoms with Crippen LogP contribution in [0.4, 0.5) is 0 Å². The number of carbonyl (C=O) groups excluding carboxylic acids is 2. The minimum Gasteiger partial charge on any atom is -0.351 e. The highest BCUT2D eigenvalue weighted by atomic mass is 32.1. The van der Waals surface area contributed by atoms with Crippen molar-refractivity contribution in [3.63, 3.8) is 0 Å². The molecule has 0 atom stereocenters. The summed E-state index contributed by atoms with van der Waals surface area (Å²) in [6.07, 6.45) is 6.05. The lowest BCUT2D eigenvalue weighted by Gasteiger charge is -2.12. The number of thiophene rings is 1. The predicted octanol–water partition coefficient (Wildman–Crippen LogP) is 3.54. The van der Waals surface area contributed by atoms with Gasteiger partial charge in [-0.25, -0.2) is 0 Å². The van der Waals surface area contributed by atoms with Gasteiger partial charge < -0.3 is 10.6 Å². The standard InChI is InChI=1S/C22H24N4O2S/c1-16-7-8-18(14-17(16)2)21(27)25-20(15-19-6-3-13-29-19)22(28)23-9-4-11-26-12-5-10-24-26/h3,5-8,10,12-15H,4,9,11H2,1-2H3,(H,23,28)(H,25,27). The van der Waals surface area contributed by atoms with E-state index >= 15 is 0 Å². The van der Waals surface area contributed by atoms with E-state index < -0.39 is 0 Å². The molecule has 0 aliphatic heterocycles. The zero-order valence-electron chi connectivity index (χ0n) is 16.5. The van der Waals surface area contributed by atoms with Crippen LogP contribution >= 0.6 is 11.3 Å². The van der Waals surface area contributed by atoms with Crippen molar-refractivity contribution in [3.8, 4) is 0 Å². The van der Waals surface area contributed by atoms with Crippen molar-refractivity contribution in [1.29, 1.82) is 0 Å². The van der Waals surface area contributed by atoms with Crippen molar-refractivity contribution in [2.45, 2.75) is 26.8 Å². The summed E-state index contributed by atoms with van der Waals surface area (Å²) < 4.78 is 1.82. The summed E-state index contributed by atoms with van der Waals surface area (Å²) in [6.45, 7) is 5.16. The molecule has 29 heavy (non-hydrogen) atoms. The van der Waals surface area contributed by atoms with E-state index in [1.54, 1.807) is 18.3 Å². The van der Waals surface area contributed by atoms with Crippen molar-refractivity contribution >= 4 is 29.2 Å². The van der Waals surface area contributed by atoms with Crippen LogP contribution in [0.15, 0.2) is 59.9 Å². The maximum atomic E-state index is 12.7. The molecule has 2 heterocycles. The van der Waals surface area contributed by atoms with Gasteiger partial charge in [0, 0.05) is 35.9 Å². The Morgan fingerprint density at radius 1 is 1.17 bits per heavy atom. The molecule has 3 rings (SSSR count). The van der Waals surface area contributed by atoms with Gasteiger partial charge >= 0.3 is 0 Å². The van der Waals surface area contributed by atoms with Crippen molar-refractivity contribution in [2.75, 3.05) is 6.54 Å². The molecule has 6 nitrogen and oxygen atoms in total. The van der Waals surface area contributed by atoms with E-state index in [4.69, 9.17) is 0 Å². The summed E-state index contributed by atoms with van der Waals surface area (Å²) in [5.74, 6) is -0.612. The van der Waals surface area contributed by atoms with Gasteiger partial charge in [0.2, 0.25) is 0 Å². The Balaban J connectivity index is 1.66. The number of benzene rings is 1. The van der Waals surface area contributed by atoms with E-state index in [-0.39, 0.29) is 17.5 Å². The minimum absolute atomic E-state index is 0.231. The largest absolute Gasteiger partial charge is 0.351 e. The van der Waals surface area contributed by atoms with Crippen LogP contribution in [0.5, 0.6) is 0 Å². The Hall–Kier alpha value is -3.19. The Labute approximate surface area is 174 Å². The molecule has 0 aliphatic carbocycles. The summed E-state index contributed by atoms with van der Waals surface area (Å²) in [6, 6.07) is 11.2. The molecule has 0 saturated heterocycles. The molecule has 0 fully saturated rings. The summed E-state index contributed by atoms with van der Waals surface area (Å²) in [5.41, 5.74) is 2.90. The number of hydrogen-bond acceptors (Lipinski definition) is 4.